The Labute approximate surface area is 104 Å². The van der Waals surface area contributed by atoms with Crippen molar-refractivity contribution in [3.05, 3.63) is 18.0 Å². The molecular weight excluding hydrogens is 214 g/mol. The van der Waals surface area contributed by atoms with Crippen LogP contribution in [0.4, 0.5) is 0 Å². The minimum atomic E-state index is 0.323. The van der Waals surface area contributed by atoms with Crippen LogP contribution in [0.2, 0.25) is 0 Å². The second kappa shape index (κ2) is 9.19. The van der Waals surface area contributed by atoms with Crippen molar-refractivity contribution < 1.29 is 5.11 Å². The summed E-state index contributed by atoms with van der Waals surface area (Å²) >= 11 is 0. The maximum absolute atomic E-state index is 8.65. The molecule has 17 heavy (non-hydrogen) atoms. The summed E-state index contributed by atoms with van der Waals surface area (Å²) in [6.45, 7) is 5.44. The molecule has 4 heteroatoms. The number of hydrogen-bond acceptors (Lipinski definition) is 3. The second-order valence-electron chi connectivity index (χ2n) is 4.36. The molecule has 0 saturated heterocycles. The first-order valence-electron chi connectivity index (χ1n) is 6.70. The number of nitrogens with zero attached hydrogens (tertiary/aromatic N) is 2. The summed E-state index contributed by atoms with van der Waals surface area (Å²) in [5.41, 5.74) is 1.27. The Balaban J connectivity index is 2.07. The van der Waals surface area contributed by atoms with Crippen molar-refractivity contribution >= 4 is 0 Å². The summed E-state index contributed by atoms with van der Waals surface area (Å²) in [5, 5.41) is 16.4. The molecule has 0 saturated carbocycles. The molecule has 0 radical (unpaired) electrons. The summed E-state index contributed by atoms with van der Waals surface area (Å²) in [7, 11) is 0. The molecule has 0 aliphatic heterocycles. The fourth-order valence-corrected chi connectivity index (χ4v) is 1.86. The van der Waals surface area contributed by atoms with Gasteiger partial charge in [0.25, 0.3) is 0 Å². The lowest BCUT2D eigenvalue weighted by atomic mass is 10.2. The van der Waals surface area contributed by atoms with Gasteiger partial charge in [0.2, 0.25) is 0 Å². The van der Waals surface area contributed by atoms with Crippen molar-refractivity contribution in [2.24, 2.45) is 0 Å². The number of hydrogen-bond donors (Lipinski definition) is 2. The van der Waals surface area contributed by atoms with Gasteiger partial charge in [-0.25, -0.2) is 0 Å². The van der Waals surface area contributed by atoms with E-state index in [-0.39, 0.29) is 0 Å². The second-order valence-corrected chi connectivity index (χ2v) is 4.36. The third-order valence-electron chi connectivity index (χ3n) is 2.81. The molecule has 0 atom stereocenters. The molecule has 1 heterocycles. The number of aryl methyl sites for hydroxylation is 1. The molecule has 98 valence electrons. The maximum atomic E-state index is 8.65. The standard InChI is InChI=1S/C13H25N3O/c1-2-10-16-13(7-9-15-16)12-14-8-5-3-4-6-11-17/h7,9,14,17H,2-6,8,10-12H2,1H3. The summed E-state index contributed by atoms with van der Waals surface area (Å²) in [6, 6.07) is 2.08. The monoisotopic (exact) mass is 239 g/mol. The van der Waals surface area contributed by atoms with Gasteiger partial charge in [-0.3, -0.25) is 4.68 Å². The lowest BCUT2D eigenvalue weighted by Crippen LogP contribution is -2.18. The molecule has 0 aliphatic rings. The van der Waals surface area contributed by atoms with Gasteiger partial charge in [0.15, 0.2) is 0 Å². The van der Waals surface area contributed by atoms with Crippen LogP contribution in [-0.2, 0) is 13.1 Å². The van der Waals surface area contributed by atoms with E-state index in [4.69, 9.17) is 5.11 Å². The van der Waals surface area contributed by atoms with Crippen LogP contribution in [0.25, 0.3) is 0 Å². The number of nitrogens with one attached hydrogen (secondary N) is 1. The zero-order valence-electron chi connectivity index (χ0n) is 10.9. The first-order valence-corrected chi connectivity index (χ1v) is 6.70. The molecule has 0 aliphatic carbocycles. The Morgan fingerprint density at radius 3 is 2.88 bits per heavy atom. The minimum Gasteiger partial charge on any atom is -0.396 e. The molecule has 0 bridgehead atoms. The first kappa shape index (κ1) is 14.2. The van der Waals surface area contributed by atoms with Gasteiger partial charge in [-0.15, -0.1) is 0 Å². The molecule has 4 nitrogen and oxygen atoms in total. The average Bonchev–Trinajstić information content (AvgIpc) is 2.76. The topological polar surface area (TPSA) is 50.1 Å². The van der Waals surface area contributed by atoms with E-state index in [1.807, 2.05) is 6.20 Å². The number of unbranched alkanes of at least 4 members (excludes halogenated alkanes) is 3. The Kier molecular flexibility index (Phi) is 7.67. The SMILES string of the molecule is CCCn1nccc1CNCCCCCCO. The van der Waals surface area contributed by atoms with E-state index in [1.165, 1.54) is 18.5 Å². The van der Waals surface area contributed by atoms with E-state index in [0.717, 1.165) is 38.9 Å². The highest BCUT2D eigenvalue weighted by molar-refractivity contribution is 4.99. The molecule has 2 N–H and O–H groups in total. The van der Waals surface area contributed by atoms with Crippen LogP contribution in [0, 0.1) is 0 Å². The summed E-state index contributed by atoms with van der Waals surface area (Å²) in [4.78, 5) is 0. The molecule has 0 aromatic carbocycles. The van der Waals surface area contributed by atoms with Crippen LogP contribution >= 0.6 is 0 Å². The van der Waals surface area contributed by atoms with Crippen molar-refractivity contribution in [2.75, 3.05) is 13.2 Å². The van der Waals surface area contributed by atoms with Gasteiger partial charge in [-0.2, -0.15) is 5.10 Å². The average molecular weight is 239 g/mol. The van der Waals surface area contributed by atoms with E-state index in [1.54, 1.807) is 0 Å². The van der Waals surface area contributed by atoms with Gasteiger partial charge in [0.1, 0.15) is 0 Å². The van der Waals surface area contributed by atoms with Crippen LogP contribution in [0.15, 0.2) is 12.3 Å². The van der Waals surface area contributed by atoms with E-state index in [2.05, 4.69) is 28.1 Å². The summed E-state index contributed by atoms with van der Waals surface area (Å²) in [6.07, 6.45) is 7.43. The normalized spacial score (nSPS) is 10.9. The Bertz CT molecular complexity index is 286. The maximum Gasteiger partial charge on any atom is 0.0522 e. The lowest BCUT2D eigenvalue weighted by molar-refractivity contribution is 0.282. The van der Waals surface area contributed by atoms with Gasteiger partial charge in [0, 0.05) is 25.9 Å². The lowest BCUT2D eigenvalue weighted by Gasteiger charge is -2.07. The molecule has 1 aromatic heterocycles. The smallest absolute Gasteiger partial charge is 0.0522 e. The molecular formula is C13H25N3O. The van der Waals surface area contributed by atoms with E-state index in [9.17, 15) is 0 Å². The molecule has 1 aromatic rings. The van der Waals surface area contributed by atoms with Gasteiger partial charge in [-0.1, -0.05) is 19.8 Å². The zero-order chi connectivity index (χ0) is 12.3. The highest BCUT2D eigenvalue weighted by Crippen LogP contribution is 2.01. The predicted octanol–water partition coefficient (Wildman–Crippen LogP) is 1.94. The number of aromatic nitrogens is 2. The number of aliphatic hydroxyl groups is 1. The van der Waals surface area contributed by atoms with Crippen molar-refractivity contribution in [3.8, 4) is 0 Å². The van der Waals surface area contributed by atoms with Gasteiger partial charge in [0.05, 0.1) is 5.69 Å². The van der Waals surface area contributed by atoms with Crippen LogP contribution in [0.1, 0.15) is 44.7 Å². The Hall–Kier alpha value is -0.870. The van der Waals surface area contributed by atoms with Crippen molar-refractivity contribution in [1.82, 2.24) is 15.1 Å². The molecule has 0 fully saturated rings. The van der Waals surface area contributed by atoms with Crippen LogP contribution in [-0.4, -0.2) is 28.0 Å². The molecule has 0 spiro atoms. The van der Waals surface area contributed by atoms with Crippen molar-refractivity contribution in [3.63, 3.8) is 0 Å². The van der Waals surface area contributed by atoms with Crippen molar-refractivity contribution in [1.29, 1.82) is 0 Å². The van der Waals surface area contributed by atoms with E-state index < -0.39 is 0 Å². The number of aliphatic hydroxyl groups excluding tert-OH is 1. The Morgan fingerprint density at radius 1 is 1.29 bits per heavy atom. The van der Waals surface area contributed by atoms with Crippen LogP contribution in [0.5, 0.6) is 0 Å². The highest BCUT2D eigenvalue weighted by Gasteiger charge is 2.00. The largest absolute Gasteiger partial charge is 0.396 e. The highest BCUT2D eigenvalue weighted by atomic mass is 16.2. The van der Waals surface area contributed by atoms with E-state index in [0.29, 0.717) is 6.61 Å². The van der Waals surface area contributed by atoms with Crippen LogP contribution < -0.4 is 5.32 Å². The van der Waals surface area contributed by atoms with Crippen LogP contribution in [0.3, 0.4) is 0 Å². The quantitative estimate of drug-likeness (QED) is 0.613. The van der Waals surface area contributed by atoms with Gasteiger partial charge >= 0.3 is 0 Å². The third kappa shape index (κ3) is 5.84. The molecule has 0 unspecified atom stereocenters. The predicted molar refractivity (Wildman–Crippen MR) is 69.8 cm³/mol. The number of rotatable bonds is 10. The fraction of sp³-hybridized carbons (Fsp3) is 0.769. The Morgan fingerprint density at radius 2 is 2.12 bits per heavy atom. The zero-order valence-corrected chi connectivity index (χ0v) is 10.9. The van der Waals surface area contributed by atoms with Gasteiger partial charge in [-0.05, 0) is 31.9 Å². The minimum absolute atomic E-state index is 0.323. The fourth-order valence-electron chi connectivity index (χ4n) is 1.86. The van der Waals surface area contributed by atoms with Gasteiger partial charge < -0.3 is 10.4 Å². The summed E-state index contributed by atoms with van der Waals surface area (Å²) < 4.78 is 2.07. The molecule has 1 rings (SSSR count). The molecule has 0 amide bonds. The van der Waals surface area contributed by atoms with Crippen molar-refractivity contribution in [2.45, 2.75) is 52.1 Å². The van der Waals surface area contributed by atoms with E-state index >= 15 is 0 Å². The third-order valence-corrected chi connectivity index (χ3v) is 2.81. The summed E-state index contributed by atoms with van der Waals surface area (Å²) in [5.74, 6) is 0. The first-order chi connectivity index (χ1) is 8.38.